The van der Waals surface area contributed by atoms with E-state index in [-0.39, 0.29) is 4.90 Å². The summed E-state index contributed by atoms with van der Waals surface area (Å²) in [5.74, 6) is -2.23. The van der Waals surface area contributed by atoms with Crippen molar-refractivity contribution in [1.29, 1.82) is 0 Å². The third-order valence-electron chi connectivity index (χ3n) is 2.34. The smallest absolute Gasteiger partial charge is 0.329 e. The Hall–Kier alpha value is -0.920. The lowest BCUT2D eigenvalue weighted by atomic mass is 10.3. The van der Waals surface area contributed by atoms with Crippen LogP contribution in [0.3, 0.4) is 0 Å². The monoisotopic (exact) mass is 355 g/mol. The van der Waals surface area contributed by atoms with E-state index in [1.54, 1.807) is 0 Å². The van der Waals surface area contributed by atoms with E-state index in [2.05, 4.69) is 8.37 Å². The number of halogens is 3. The number of carbonyl (C=O) groups is 1. The minimum absolute atomic E-state index is 0.228. The molecule has 1 heterocycles. The number of hydrogen-bond donors (Lipinski definition) is 0. The number of carbonyl (C=O) groups excluding carboxylic acids is 1. The summed E-state index contributed by atoms with van der Waals surface area (Å²) in [6, 6.07) is 0. The Kier molecular flexibility index (Phi) is 4.92. The van der Waals surface area contributed by atoms with Crippen LogP contribution in [0.25, 0.3) is 0 Å². The lowest BCUT2D eigenvalue weighted by Gasteiger charge is -2.17. The minimum atomic E-state index is -5.17. The van der Waals surface area contributed by atoms with Gasteiger partial charge in [-0.05, 0) is 0 Å². The molecule has 0 aromatic carbocycles. The molecule has 1 saturated heterocycles. The summed E-state index contributed by atoms with van der Waals surface area (Å²) in [4.78, 5) is 11.3. The first-order valence-corrected chi connectivity index (χ1v) is 8.95. The summed E-state index contributed by atoms with van der Waals surface area (Å²) in [5, 5.41) is 0. The molecule has 0 spiro atoms. The van der Waals surface area contributed by atoms with Crippen LogP contribution in [0, 0.1) is 0 Å². The summed E-state index contributed by atoms with van der Waals surface area (Å²) in [7, 11) is -8.15. The molecule has 124 valence electrons. The molecule has 0 saturated carbocycles. The molecule has 1 aliphatic rings. The van der Waals surface area contributed by atoms with E-state index in [4.69, 9.17) is 0 Å². The van der Waals surface area contributed by atoms with Crippen LogP contribution in [0.2, 0.25) is 0 Å². The van der Waals surface area contributed by atoms with Crippen molar-refractivity contribution in [3.8, 4) is 0 Å². The van der Waals surface area contributed by atoms with E-state index in [1.807, 2.05) is 0 Å². The van der Waals surface area contributed by atoms with Gasteiger partial charge in [0, 0.05) is 0 Å². The van der Waals surface area contributed by atoms with Gasteiger partial charge in [0.2, 0.25) is 0 Å². The van der Waals surface area contributed by atoms with Gasteiger partial charge in [-0.15, -0.1) is 0 Å². The van der Waals surface area contributed by atoms with Gasteiger partial charge < -0.3 is 4.90 Å². The van der Waals surface area contributed by atoms with Crippen LogP contribution in [-0.4, -0.2) is 71.6 Å². The molecule has 0 aromatic rings. The van der Waals surface area contributed by atoms with Gasteiger partial charge in [0.15, 0.2) is 0 Å². The van der Waals surface area contributed by atoms with Gasteiger partial charge in [-0.1, -0.05) is 0 Å². The molecule has 1 rings (SSSR count). The van der Waals surface area contributed by atoms with Crippen molar-refractivity contribution in [1.82, 2.24) is 4.90 Å². The lowest BCUT2D eigenvalue weighted by Crippen LogP contribution is -2.40. The number of rotatable bonds is 4. The average Bonchev–Trinajstić information content (AvgIpc) is 2.53. The van der Waals surface area contributed by atoms with Gasteiger partial charge in [0.05, 0.1) is 25.6 Å². The van der Waals surface area contributed by atoms with Gasteiger partial charge in [-0.2, -0.15) is 30.0 Å². The van der Waals surface area contributed by atoms with Crippen molar-refractivity contribution < 1.29 is 43.2 Å². The highest BCUT2D eigenvalue weighted by molar-refractivity contribution is 7.86. The van der Waals surface area contributed by atoms with Crippen LogP contribution in [0.1, 0.15) is 0 Å². The van der Waals surface area contributed by atoms with E-state index in [0.717, 1.165) is 0 Å². The summed E-state index contributed by atoms with van der Waals surface area (Å²) in [6.45, 7) is -1.52. The molecule has 13 heteroatoms. The first kappa shape index (κ1) is 18.1. The van der Waals surface area contributed by atoms with Gasteiger partial charge >= 0.3 is 12.1 Å². The summed E-state index contributed by atoms with van der Waals surface area (Å²) >= 11 is 0. The second-order valence-electron chi connectivity index (χ2n) is 4.39. The number of nitrogens with zero attached hydrogens (tertiary/aromatic N) is 1. The van der Waals surface area contributed by atoms with Gasteiger partial charge in [0.1, 0.15) is 12.2 Å². The largest absolute Gasteiger partial charge is 0.471 e. The molecule has 0 bridgehead atoms. The normalized spacial score (nSPS) is 24.3. The molecule has 0 aliphatic carbocycles. The molecule has 8 nitrogen and oxygen atoms in total. The van der Waals surface area contributed by atoms with Crippen LogP contribution >= 0.6 is 0 Å². The molecule has 0 N–H and O–H groups in total. The lowest BCUT2D eigenvalue weighted by molar-refractivity contribution is -0.184. The van der Waals surface area contributed by atoms with Crippen LogP contribution in [0.4, 0.5) is 13.2 Å². The van der Waals surface area contributed by atoms with Crippen LogP contribution in [-0.2, 0) is 33.4 Å². The highest BCUT2D eigenvalue weighted by atomic mass is 32.2. The predicted molar refractivity (Wildman–Crippen MR) is 62.1 cm³/mol. The minimum Gasteiger partial charge on any atom is -0.329 e. The molecule has 0 aromatic heterocycles. The highest BCUT2D eigenvalue weighted by Gasteiger charge is 2.49. The number of hydrogen-bond acceptors (Lipinski definition) is 7. The van der Waals surface area contributed by atoms with E-state index < -0.39 is 57.6 Å². The third kappa shape index (κ3) is 5.76. The maximum atomic E-state index is 12.3. The fourth-order valence-corrected chi connectivity index (χ4v) is 2.99. The number of alkyl halides is 3. The zero-order valence-corrected chi connectivity index (χ0v) is 12.5. The van der Waals surface area contributed by atoms with E-state index in [0.29, 0.717) is 12.5 Å². The molecule has 0 radical (unpaired) electrons. The molecule has 0 unspecified atom stereocenters. The summed E-state index contributed by atoms with van der Waals surface area (Å²) in [6.07, 6.45) is -6.98. The highest BCUT2D eigenvalue weighted by Crippen LogP contribution is 2.25. The van der Waals surface area contributed by atoms with E-state index in [9.17, 15) is 34.8 Å². The van der Waals surface area contributed by atoms with Crippen LogP contribution in [0.15, 0.2) is 0 Å². The topological polar surface area (TPSA) is 107 Å². The zero-order chi connectivity index (χ0) is 16.6. The first-order chi connectivity index (χ1) is 9.19. The Morgan fingerprint density at radius 2 is 1.33 bits per heavy atom. The van der Waals surface area contributed by atoms with Crippen molar-refractivity contribution >= 4 is 26.1 Å². The Balaban J connectivity index is 2.96. The van der Waals surface area contributed by atoms with Crippen molar-refractivity contribution in [3.05, 3.63) is 0 Å². The van der Waals surface area contributed by atoms with Crippen molar-refractivity contribution in [3.63, 3.8) is 0 Å². The van der Waals surface area contributed by atoms with Crippen molar-refractivity contribution in [2.24, 2.45) is 0 Å². The Morgan fingerprint density at radius 3 is 1.57 bits per heavy atom. The average molecular weight is 355 g/mol. The third-order valence-corrected chi connectivity index (χ3v) is 3.54. The van der Waals surface area contributed by atoms with Gasteiger partial charge in [0.25, 0.3) is 20.2 Å². The molecule has 2 atom stereocenters. The van der Waals surface area contributed by atoms with Crippen LogP contribution < -0.4 is 0 Å². The Bertz CT molecular complexity index is 570. The molecule has 1 amide bonds. The summed E-state index contributed by atoms with van der Waals surface area (Å²) in [5.41, 5.74) is 0. The number of amides is 1. The SMILES string of the molecule is CS(=O)(=O)O[C@@H]1CN(C(=O)C(F)(F)F)C[C@H]1OS(C)(=O)=O. The maximum absolute atomic E-state index is 12.3. The number of likely N-dealkylation sites (tertiary alicyclic amines) is 1. The molecular formula is C8H12F3NO7S2. The quantitative estimate of drug-likeness (QED) is 0.600. The first-order valence-electron chi connectivity index (χ1n) is 5.31. The standard InChI is InChI=1S/C8H12F3NO7S2/c1-20(14,15)18-5-3-12(7(13)8(9,10)11)4-6(5)19-21(2,16)17/h5-6H,3-4H2,1-2H3/t5-,6-/m1/s1. The van der Waals surface area contributed by atoms with Gasteiger partial charge in [-0.25, -0.2) is 0 Å². The Morgan fingerprint density at radius 1 is 1.00 bits per heavy atom. The van der Waals surface area contributed by atoms with Gasteiger partial charge in [-0.3, -0.25) is 13.2 Å². The molecular weight excluding hydrogens is 343 g/mol. The zero-order valence-electron chi connectivity index (χ0n) is 10.8. The molecule has 1 aliphatic heterocycles. The Labute approximate surface area is 119 Å². The maximum Gasteiger partial charge on any atom is 0.471 e. The predicted octanol–water partition coefficient (Wildman–Crippen LogP) is -0.919. The van der Waals surface area contributed by atoms with Crippen molar-refractivity contribution in [2.75, 3.05) is 25.6 Å². The van der Waals surface area contributed by atoms with E-state index in [1.165, 1.54) is 0 Å². The van der Waals surface area contributed by atoms with Crippen LogP contribution in [0.5, 0.6) is 0 Å². The van der Waals surface area contributed by atoms with Crippen molar-refractivity contribution in [2.45, 2.75) is 18.4 Å². The molecule has 1 fully saturated rings. The van der Waals surface area contributed by atoms with E-state index >= 15 is 0 Å². The fourth-order valence-electron chi connectivity index (χ4n) is 1.72. The second-order valence-corrected chi connectivity index (χ2v) is 7.59. The second kappa shape index (κ2) is 5.70. The summed E-state index contributed by atoms with van der Waals surface area (Å²) < 4.78 is 90.0. The fraction of sp³-hybridized carbons (Fsp3) is 0.875. The molecule has 21 heavy (non-hydrogen) atoms.